The van der Waals surface area contributed by atoms with Crippen LogP contribution >= 0.6 is 0 Å². The lowest BCUT2D eigenvalue weighted by Crippen LogP contribution is -2.09. The third-order valence-corrected chi connectivity index (χ3v) is 1.26. The number of amides is 1. The quantitative estimate of drug-likeness (QED) is 0.555. The molecule has 0 spiro atoms. The Balaban J connectivity index is 2.93. The molecule has 12 heavy (non-hydrogen) atoms. The maximum absolute atomic E-state index is 10.6. The highest BCUT2D eigenvalue weighted by molar-refractivity contribution is 5.91. The summed E-state index contributed by atoms with van der Waals surface area (Å²) in [5.74, 6) is 0.375. The van der Waals surface area contributed by atoms with Gasteiger partial charge in [-0.3, -0.25) is 4.79 Å². The van der Waals surface area contributed by atoms with E-state index in [1.807, 2.05) is 0 Å². The van der Waals surface area contributed by atoms with Crippen LogP contribution in [0.15, 0.2) is 12.1 Å². The van der Waals surface area contributed by atoms with E-state index in [4.69, 9.17) is 11.5 Å². The van der Waals surface area contributed by atoms with E-state index < -0.39 is 0 Å². The van der Waals surface area contributed by atoms with Gasteiger partial charge in [0.1, 0.15) is 11.6 Å². The molecule has 5 N–H and O–H groups in total. The lowest BCUT2D eigenvalue weighted by Gasteiger charge is -2.04. The highest BCUT2D eigenvalue weighted by atomic mass is 16.1. The van der Waals surface area contributed by atoms with Crippen molar-refractivity contribution in [1.82, 2.24) is 4.98 Å². The molecule has 0 bridgehead atoms. The highest BCUT2D eigenvalue weighted by Gasteiger charge is 2.01. The molecule has 1 heterocycles. The number of hydrogen-bond acceptors (Lipinski definition) is 4. The zero-order valence-electron chi connectivity index (χ0n) is 6.66. The molecule has 1 amide bonds. The molecule has 0 saturated heterocycles. The molecule has 0 unspecified atom stereocenters. The Morgan fingerprint density at radius 2 is 2.17 bits per heavy atom. The molecule has 0 fully saturated rings. The van der Waals surface area contributed by atoms with Gasteiger partial charge < -0.3 is 16.8 Å². The molecular formula is C7H10N4O. The largest absolute Gasteiger partial charge is 0.384 e. The van der Waals surface area contributed by atoms with Gasteiger partial charge >= 0.3 is 0 Å². The van der Waals surface area contributed by atoms with Gasteiger partial charge in [0.05, 0.1) is 5.69 Å². The first-order valence-corrected chi connectivity index (χ1v) is 3.39. The van der Waals surface area contributed by atoms with Gasteiger partial charge in [-0.2, -0.15) is 0 Å². The standard InChI is InChI=1S/C7H10N4O/c1-4(12)10-5-2-3-6(8)11-7(5)9/h2-3H,1H3,(H,10,12)(H4,8,9,11). The zero-order chi connectivity index (χ0) is 9.14. The van der Waals surface area contributed by atoms with Crippen LogP contribution in [0.1, 0.15) is 6.92 Å². The van der Waals surface area contributed by atoms with Crippen LogP contribution in [-0.4, -0.2) is 10.9 Å². The van der Waals surface area contributed by atoms with Crippen molar-refractivity contribution in [2.45, 2.75) is 6.92 Å². The second-order valence-electron chi connectivity index (χ2n) is 2.35. The van der Waals surface area contributed by atoms with Gasteiger partial charge in [0.2, 0.25) is 5.91 Å². The van der Waals surface area contributed by atoms with Gasteiger partial charge in [-0.15, -0.1) is 0 Å². The fraction of sp³-hybridized carbons (Fsp3) is 0.143. The first-order chi connectivity index (χ1) is 5.59. The minimum Gasteiger partial charge on any atom is -0.384 e. The Bertz CT molecular complexity index is 310. The fourth-order valence-electron chi connectivity index (χ4n) is 0.786. The Hall–Kier alpha value is -1.78. The van der Waals surface area contributed by atoms with Crippen LogP contribution in [0.3, 0.4) is 0 Å². The van der Waals surface area contributed by atoms with E-state index in [0.717, 1.165) is 0 Å². The molecule has 5 nitrogen and oxygen atoms in total. The molecule has 0 saturated carbocycles. The number of nitrogen functional groups attached to an aromatic ring is 2. The molecule has 1 aromatic rings. The van der Waals surface area contributed by atoms with Crippen molar-refractivity contribution in [3.8, 4) is 0 Å². The summed E-state index contributed by atoms with van der Waals surface area (Å²) in [5.41, 5.74) is 11.3. The Labute approximate surface area is 69.8 Å². The number of anilines is 3. The van der Waals surface area contributed by atoms with Crippen molar-refractivity contribution in [3.05, 3.63) is 12.1 Å². The summed E-state index contributed by atoms with van der Waals surface area (Å²) >= 11 is 0. The van der Waals surface area contributed by atoms with E-state index in [0.29, 0.717) is 11.5 Å². The lowest BCUT2D eigenvalue weighted by molar-refractivity contribution is -0.114. The van der Waals surface area contributed by atoms with E-state index in [-0.39, 0.29) is 11.7 Å². The smallest absolute Gasteiger partial charge is 0.221 e. The molecule has 1 rings (SSSR count). The number of carbonyl (C=O) groups is 1. The number of carbonyl (C=O) groups excluding carboxylic acids is 1. The Morgan fingerprint density at radius 3 is 2.67 bits per heavy atom. The number of pyridine rings is 1. The number of hydrogen-bond donors (Lipinski definition) is 3. The Kier molecular flexibility index (Phi) is 2.14. The van der Waals surface area contributed by atoms with Crippen LogP contribution in [0.5, 0.6) is 0 Å². The minimum atomic E-state index is -0.187. The SMILES string of the molecule is CC(=O)Nc1ccc(N)nc1N. The molecular weight excluding hydrogens is 156 g/mol. The third kappa shape index (κ3) is 1.85. The molecule has 1 aromatic heterocycles. The minimum absolute atomic E-state index is 0.187. The highest BCUT2D eigenvalue weighted by Crippen LogP contribution is 2.16. The van der Waals surface area contributed by atoms with Crippen molar-refractivity contribution >= 4 is 23.2 Å². The number of aromatic nitrogens is 1. The summed E-state index contributed by atoms with van der Waals surface area (Å²) in [5, 5.41) is 2.52. The summed E-state index contributed by atoms with van der Waals surface area (Å²) < 4.78 is 0. The second kappa shape index (κ2) is 3.08. The van der Waals surface area contributed by atoms with Gasteiger partial charge in [-0.05, 0) is 12.1 Å². The second-order valence-corrected chi connectivity index (χ2v) is 2.35. The molecule has 0 aliphatic heterocycles. The monoisotopic (exact) mass is 166 g/mol. The molecule has 0 aliphatic rings. The third-order valence-electron chi connectivity index (χ3n) is 1.26. The average Bonchev–Trinajstić information content (AvgIpc) is 1.94. The summed E-state index contributed by atoms with van der Waals surface area (Å²) in [4.78, 5) is 14.4. The number of nitrogens with zero attached hydrogens (tertiary/aromatic N) is 1. The summed E-state index contributed by atoms with van der Waals surface area (Å²) in [6.07, 6.45) is 0. The predicted octanol–water partition coefficient (Wildman–Crippen LogP) is 0.204. The van der Waals surface area contributed by atoms with Crippen molar-refractivity contribution in [1.29, 1.82) is 0 Å². The van der Waals surface area contributed by atoms with Gasteiger partial charge in [0.15, 0.2) is 0 Å². The van der Waals surface area contributed by atoms with E-state index in [9.17, 15) is 4.79 Å². The van der Waals surface area contributed by atoms with Crippen LogP contribution in [0.4, 0.5) is 17.3 Å². The van der Waals surface area contributed by atoms with Gasteiger partial charge in [-0.25, -0.2) is 4.98 Å². The van der Waals surface area contributed by atoms with E-state index in [2.05, 4.69) is 10.3 Å². The normalized spacial score (nSPS) is 9.42. The molecule has 0 aliphatic carbocycles. The van der Waals surface area contributed by atoms with Crippen molar-refractivity contribution in [3.63, 3.8) is 0 Å². The molecule has 0 radical (unpaired) electrons. The number of rotatable bonds is 1. The molecule has 0 atom stereocenters. The van der Waals surface area contributed by atoms with Crippen molar-refractivity contribution < 1.29 is 4.79 Å². The van der Waals surface area contributed by atoms with Crippen LogP contribution in [-0.2, 0) is 4.79 Å². The van der Waals surface area contributed by atoms with Crippen molar-refractivity contribution in [2.75, 3.05) is 16.8 Å². The van der Waals surface area contributed by atoms with Crippen LogP contribution in [0.2, 0.25) is 0 Å². The number of nitrogens with two attached hydrogens (primary N) is 2. The first-order valence-electron chi connectivity index (χ1n) is 3.39. The first kappa shape index (κ1) is 8.32. The molecule has 0 aromatic carbocycles. The van der Waals surface area contributed by atoms with Crippen LogP contribution in [0.25, 0.3) is 0 Å². The van der Waals surface area contributed by atoms with Gasteiger partial charge in [-0.1, -0.05) is 0 Å². The van der Waals surface area contributed by atoms with Crippen LogP contribution in [0, 0.1) is 0 Å². The topological polar surface area (TPSA) is 94.0 Å². The van der Waals surface area contributed by atoms with Gasteiger partial charge in [0, 0.05) is 6.92 Å². The van der Waals surface area contributed by atoms with E-state index >= 15 is 0 Å². The maximum Gasteiger partial charge on any atom is 0.221 e. The zero-order valence-corrected chi connectivity index (χ0v) is 6.66. The molecule has 5 heteroatoms. The predicted molar refractivity (Wildman–Crippen MR) is 47.4 cm³/mol. The fourth-order valence-corrected chi connectivity index (χ4v) is 0.786. The summed E-state index contributed by atoms with van der Waals surface area (Å²) in [7, 11) is 0. The van der Waals surface area contributed by atoms with E-state index in [1.165, 1.54) is 6.92 Å². The summed E-state index contributed by atoms with van der Waals surface area (Å²) in [6.45, 7) is 1.40. The maximum atomic E-state index is 10.6. The lowest BCUT2D eigenvalue weighted by atomic mass is 10.3. The Morgan fingerprint density at radius 1 is 1.50 bits per heavy atom. The van der Waals surface area contributed by atoms with E-state index in [1.54, 1.807) is 12.1 Å². The van der Waals surface area contributed by atoms with Crippen LogP contribution < -0.4 is 16.8 Å². The number of nitrogens with one attached hydrogen (secondary N) is 1. The van der Waals surface area contributed by atoms with Crippen molar-refractivity contribution in [2.24, 2.45) is 0 Å². The average molecular weight is 166 g/mol. The van der Waals surface area contributed by atoms with Gasteiger partial charge in [0.25, 0.3) is 0 Å². The molecule has 64 valence electrons. The summed E-state index contributed by atoms with van der Waals surface area (Å²) in [6, 6.07) is 3.18.